The number of carbonyl (C=O) groups excluding carboxylic acids is 1. The lowest BCUT2D eigenvalue weighted by Crippen LogP contribution is -2.15. The molecule has 23 heavy (non-hydrogen) atoms. The van der Waals surface area contributed by atoms with Crippen LogP contribution in [0.4, 0.5) is 11.4 Å². The second kappa shape index (κ2) is 7.51. The smallest absolute Gasteiger partial charge is 0.293 e. The molecule has 2 aromatic carbocycles. The third kappa shape index (κ3) is 4.14. The summed E-state index contributed by atoms with van der Waals surface area (Å²) in [5.41, 5.74) is 1.53. The number of ketones is 1. The van der Waals surface area contributed by atoms with Gasteiger partial charge in [0.25, 0.3) is 5.69 Å². The quantitative estimate of drug-likeness (QED) is 0.480. The summed E-state index contributed by atoms with van der Waals surface area (Å²) in [5, 5.41) is 14.2. The summed E-state index contributed by atoms with van der Waals surface area (Å²) in [4.78, 5) is 22.1. The third-order valence-electron chi connectivity index (χ3n) is 3.53. The van der Waals surface area contributed by atoms with E-state index >= 15 is 0 Å². The predicted octanol–water partition coefficient (Wildman–Crippen LogP) is 3.60. The standard InChI is InChI=1S/C17H18N2O4/c1-12(20)14-8-9-15(16(10-14)19(21)22)18-11-17(23-2)13-6-4-3-5-7-13/h3-10,17-18H,11H2,1-2H3/t17-/m1/s1. The Bertz CT molecular complexity index is 701. The normalized spacial score (nSPS) is 11.7. The molecule has 0 aliphatic rings. The minimum absolute atomic E-state index is 0.124. The summed E-state index contributed by atoms with van der Waals surface area (Å²) in [7, 11) is 1.59. The second-order valence-electron chi connectivity index (χ2n) is 5.06. The van der Waals surface area contributed by atoms with Crippen LogP contribution < -0.4 is 5.32 Å². The Morgan fingerprint density at radius 3 is 2.52 bits per heavy atom. The van der Waals surface area contributed by atoms with Crippen LogP contribution in [0.2, 0.25) is 0 Å². The van der Waals surface area contributed by atoms with Gasteiger partial charge in [-0.2, -0.15) is 0 Å². The van der Waals surface area contributed by atoms with Gasteiger partial charge in [0.15, 0.2) is 5.78 Å². The fraction of sp³-hybridized carbons (Fsp3) is 0.235. The van der Waals surface area contributed by atoms with Crippen LogP contribution >= 0.6 is 0 Å². The lowest BCUT2D eigenvalue weighted by Gasteiger charge is -2.17. The summed E-state index contributed by atoms with van der Waals surface area (Å²) in [6, 6.07) is 14.0. The molecule has 0 amide bonds. The van der Waals surface area contributed by atoms with Gasteiger partial charge in [-0.25, -0.2) is 0 Å². The number of nitrogens with zero attached hydrogens (tertiary/aromatic N) is 1. The Kier molecular flexibility index (Phi) is 5.43. The number of benzene rings is 2. The van der Waals surface area contributed by atoms with Gasteiger partial charge in [-0.05, 0) is 24.6 Å². The van der Waals surface area contributed by atoms with E-state index in [2.05, 4.69) is 5.32 Å². The molecule has 0 aliphatic carbocycles. The van der Waals surface area contributed by atoms with E-state index in [1.54, 1.807) is 19.2 Å². The highest BCUT2D eigenvalue weighted by Crippen LogP contribution is 2.27. The number of hydrogen-bond donors (Lipinski definition) is 1. The topological polar surface area (TPSA) is 81.5 Å². The molecule has 0 aromatic heterocycles. The second-order valence-corrected chi connectivity index (χ2v) is 5.06. The van der Waals surface area contributed by atoms with Crippen LogP contribution in [0.3, 0.4) is 0 Å². The maximum absolute atomic E-state index is 11.4. The van der Waals surface area contributed by atoms with Crippen molar-refractivity contribution >= 4 is 17.2 Å². The number of carbonyl (C=O) groups is 1. The van der Waals surface area contributed by atoms with Crippen molar-refractivity contribution in [1.29, 1.82) is 0 Å². The summed E-state index contributed by atoms with van der Waals surface area (Å²) in [6.07, 6.45) is -0.233. The average molecular weight is 314 g/mol. The minimum Gasteiger partial charge on any atom is -0.377 e. The molecule has 0 bridgehead atoms. The van der Waals surface area contributed by atoms with Gasteiger partial charge in [-0.1, -0.05) is 30.3 Å². The highest BCUT2D eigenvalue weighted by molar-refractivity contribution is 5.95. The van der Waals surface area contributed by atoms with Crippen molar-refractivity contribution in [2.24, 2.45) is 0 Å². The van der Waals surface area contributed by atoms with E-state index in [0.717, 1.165) is 5.56 Å². The van der Waals surface area contributed by atoms with Gasteiger partial charge in [0.2, 0.25) is 0 Å². The van der Waals surface area contributed by atoms with Crippen LogP contribution in [0.25, 0.3) is 0 Å². The van der Waals surface area contributed by atoms with Crippen molar-refractivity contribution in [2.45, 2.75) is 13.0 Å². The molecule has 2 aromatic rings. The van der Waals surface area contributed by atoms with Gasteiger partial charge in [0.1, 0.15) is 5.69 Å². The number of ether oxygens (including phenoxy) is 1. The SMILES string of the molecule is CO[C@H](CNc1ccc(C(C)=O)cc1[N+](=O)[O-])c1ccccc1. The van der Waals surface area contributed by atoms with Crippen molar-refractivity contribution < 1.29 is 14.5 Å². The Labute approximate surface area is 134 Å². The number of anilines is 1. The summed E-state index contributed by atoms with van der Waals surface area (Å²) in [5.74, 6) is -0.210. The molecule has 0 aliphatic heterocycles. The van der Waals surface area contributed by atoms with Crippen LogP contribution in [0, 0.1) is 10.1 Å². The summed E-state index contributed by atoms with van der Waals surface area (Å²) < 4.78 is 5.43. The number of rotatable bonds is 7. The molecule has 0 spiro atoms. The van der Waals surface area contributed by atoms with Crippen molar-refractivity contribution in [1.82, 2.24) is 0 Å². The molecule has 1 atom stereocenters. The van der Waals surface area contributed by atoms with Crippen LogP contribution in [0.15, 0.2) is 48.5 Å². The monoisotopic (exact) mass is 314 g/mol. The molecule has 120 valence electrons. The van der Waals surface area contributed by atoms with Crippen molar-refractivity contribution in [3.8, 4) is 0 Å². The Morgan fingerprint density at radius 1 is 1.26 bits per heavy atom. The molecule has 0 fully saturated rings. The highest BCUT2D eigenvalue weighted by atomic mass is 16.6. The predicted molar refractivity (Wildman–Crippen MR) is 87.8 cm³/mol. The zero-order valence-corrected chi connectivity index (χ0v) is 13.0. The summed E-state index contributed by atoms with van der Waals surface area (Å²) in [6.45, 7) is 1.75. The highest BCUT2D eigenvalue weighted by Gasteiger charge is 2.18. The van der Waals surface area contributed by atoms with Crippen LogP contribution in [0.1, 0.15) is 28.9 Å². The Hall–Kier alpha value is -2.73. The van der Waals surface area contributed by atoms with Crippen LogP contribution in [-0.2, 0) is 4.74 Å². The minimum atomic E-state index is -0.501. The largest absolute Gasteiger partial charge is 0.377 e. The molecule has 0 saturated heterocycles. The molecule has 0 saturated carbocycles. The van der Waals surface area contributed by atoms with E-state index in [1.807, 2.05) is 30.3 Å². The molecule has 2 rings (SSSR count). The molecule has 1 N–H and O–H groups in total. The Balaban J connectivity index is 2.19. The number of nitrogens with one attached hydrogen (secondary N) is 1. The van der Waals surface area contributed by atoms with Gasteiger partial charge in [0, 0.05) is 25.3 Å². The molecule has 0 radical (unpaired) electrons. The first kappa shape index (κ1) is 16.6. The Morgan fingerprint density at radius 2 is 1.96 bits per heavy atom. The molecule has 6 nitrogen and oxygen atoms in total. The van der Waals surface area contributed by atoms with E-state index < -0.39 is 4.92 Å². The van der Waals surface area contributed by atoms with Crippen molar-refractivity contribution in [3.63, 3.8) is 0 Å². The number of nitro benzene ring substituents is 1. The maximum Gasteiger partial charge on any atom is 0.293 e. The first-order valence-electron chi connectivity index (χ1n) is 7.14. The number of hydrogen-bond acceptors (Lipinski definition) is 5. The van der Waals surface area contributed by atoms with Crippen molar-refractivity contribution in [2.75, 3.05) is 19.0 Å². The molecular formula is C17H18N2O4. The third-order valence-corrected chi connectivity index (χ3v) is 3.53. The van der Waals surface area contributed by atoms with E-state index in [-0.39, 0.29) is 17.6 Å². The fourth-order valence-electron chi connectivity index (χ4n) is 2.26. The lowest BCUT2D eigenvalue weighted by atomic mass is 10.1. The molecule has 0 unspecified atom stereocenters. The zero-order chi connectivity index (χ0) is 16.8. The molecule has 6 heteroatoms. The van der Waals surface area contributed by atoms with E-state index in [9.17, 15) is 14.9 Å². The van der Waals surface area contributed by atoms with Gasteiger partial charge in [-0.3, -0.25) is 14.9 Å². The first-order chi connectivity index (χ1) is 11.0. The summed E-state index contributed by atoms with van der Waals surface area (Å²) >= 11 is 0. The average Bonchev–Trinajstić information content (AvgIpc) is 2.56. The molecule has 0 heterocycles. The van der Waals surface area contributed by atoms with Gasteiger partial charge < -0.3 is 10.1 Å². The van der Waals surface area contributed by atoms with Crippen molar-refractivity contribution in [3.05, 3.63) is 69.8 Å². The fourth-order valence-corrected chi connectivity index (χ4v) is 2.26. The van der Waals surface area contributed by atoms with Gasteiger partial charge in [0.05, 0.1) is 11.0 Å². The van der Waals surface area contributed by atoms with E-state index in [4.69, 9.17) is 4.74 Å². The van der Waals surface area contributed by atoms with E-state index in [1.165, 1.54) is 13.0 Å². The number of methoxy groups -OCH3 is 1. The van der Waals surface area contributed by atoms with Crippen LogP contribution in [0.5, 0.6) is 0 Å². The van der Waals surface area contributed by atoms with Crippen LogP contribution in [-0.4, -0.2) is 24.4 Å². The number of Topliss-reactive ketones (excluding diaryl/α,β-unsaturated/α-hetero) is 1. The molecular weight excluding hydrogens is 296 g/mol. The lowest BCUT2D eigenvalue weighted by molar-refractivity contribution is -0.384. The van der Waals surface area contributed by atoms with E-state index in [0.29, 0.717) is 17.8 Å². The first-order valence-corrected chi connectivity index (χ1v) is 7.14. The van der Waals surface area contributed by atoms with Gasteiger partial charge >= 0.3 is 0 Å². The number of nitro groups is 1. The maximum atomic E-state index is 11.4. The zero-order valence-electron chi connectivity index (χ0n) is 13.0. The van der Waals surface area contributed by atoms with Gasteiger partial charge in [-0.15, -0.1) is 0 Å².